The number of carbonyl (C=O) groups excluding carboxylic acids is 2. The normalized spacial score (nSPS) is 10.7. The van der Waals surface area contributed by atoms with Gasteiger partial charge in [-0.2, -0.15) is 0 Å². The molecule has 0 spiro atoms. The van der Waals surface area contributed by atoms with Crippen LogP contribution in [0.5, 0.6) is 11.5 Å². The topological polar surface area (TPSA) is 123 Å². The SMILES string of the molecule is COc1cc(NC(=O)c2cc(NC(C)=O)ccc2NS(C)(=O)=O)cc(OC)c1. The summed E-state index contributed by atoms with van der Waals surface area (Å²) in [4.78, 5) is 24.1. The molecule has 2 aromatic rings. The molecule has 10 heteroatoms. The second kappa shape index (κ2) is 8.61. The first-order valence-electron chi connectivity index (χ1n) is 8.05. The van der Waals surface area contributed by atoms with E-state index in [-0.39, 0.29) is 17.2 Å². The smallest absolute Gasteiger partial charge is 0.257 e. The van der Waals surface area contributed by atoms with Crippen LogP contribution in [0.1, 0.15) is 17.3 Å². The van der Waals surface area contributed by atoms with E-state index < -0.39 is 15.9 Å². The van der Waals surface area contributed by atoms with Gasteiger partial charge < -0.3 is 20.1 Å². The molecule has 150 valence electrons. The van der Waals surface area contributed by atoms with Gasteiger partial charge in [-0.25, -0.2) is 8.42 Å². The maximum absolute atomic E-state index is 12.8. The van der Waals surface area contributed by atoms with Gasteiger partial charge in [0, 0.05) is 36.5 Å². The first-order valence-corrected chi connectivity index (χ1v) is 9.94. The molecule has 0 saturated heterocycles. The molecule has 2 aromatic carbocycles. The Hall–Kier alpha value is -3.27. The zero-order valence-corrected chi connectivity index (χ0v) is 16.6. The minimum absolute atomic E-state index is 0.0264. The summed E-state index contributed by atoms with van der Waals surface area (Å²) in [6.07, 6.45) is 0.976. The number of anilines is 3. The number of ether oxygens (including phenoxy) is 2. The molecule has 0 saturated carbocycles. The zero-order chi connectivity index (χ0) is 20.9. The van der Waals surface area contributed by atoms with Gasteiger partial charge in [0.2, 0.25) is 15.9 Å². The highest BCUT2D eigenvalue weighted by Crippen LogP contribution is 2.28. The Morgan fingerprint density at radius 2 is 1.50 bits per heavy atom. The van der Waals surface area contributed by atoms with Gasteiger partial charge in [-0.05, 0) is 18.2 Å². The molecule has 0 aliphatic rings. The van der Waals surface area contributed by atoms with Crippen LogP contribution in [0.15, 0.2) is 36.4 Å². The van der Waals surface area contributed by atoms with E-state index >= 15 is 0 Å². The molecule has 3 N–H and O–H groups in total. The summed E-state index contributed by atoms with van der Waals surface area (Å²) in [5, 5.41) is 5.22. The maximum atomic E-state index is 12.8. The Morgan fingerprint density at radius 1 is 0.893 bits per heavy atom. The van der Waals surface area contributed by atoms with E-state index in [0.717, 1.165) is 6.26 Å². The molecule has 0 radical (unpaired) electrons. The van der Waals surface area contributed by atoms with Gasteiger partial charge >= 0.3 is 0 Å². The van der Waals surface area contributed by atoms with E-state index in [4.69, 9.17) is 9.47 Å². The van der Waals surface area contributed by atoms with Gasteiger partial charge in [0.15, 0.2) is 0 Å². The third-order valence-electron chi connectivity index (χ3n) is 3.49. The van der Waals surface area contributed by atoms with E-state index in [1.807, 2.05) is 0 Å². The fourth-order valence-corrected chi connectivity index (χ4v) is 2.96. The van der Waals surface area contributed by atoms with Gasteiger partial charge in [0.05, 0.1) is 31.7 Å². The molecule has 0 aromatic heterocycles. The molecule has 2 rings (SSSR count). The number of carbonyl (C=O) groups is 2. The van der Waals surface area contributed by atoms with Crippen LogP contribution < -0.4 is 24.8 Å². The van der Waals surface area contributed by atoms with Crippen molar-refractivity contribution in [3.8, 4) is 11.5 Å². The third-order valence-corrected chi connectivity index (χ3v) is 4.08. The van der Waals surface area contributed by atoms with Gasteiger partial charge in [0.1, 0.15) is 11.5 Å². The van der Waals surface area contributed by atoms with Crippen LogP contribution in [0.2, 0.25) is 0 Å². The van der Waals surface area contributed by atoms with E-state index in [1.165, 1.54) is 39.3 Å². The van der Waals surface area contributed by atoms with Crippen molar-refractivity contribution < 1.29 is 27.5 Å². The van der Waals surface area contributed by atoms with Crippen LogP contribution in [0.3, 0.4) is 0 Å². The summed E-state index contributed by atoms with van der Waals surface area (Å²) in [7, 11) is -0.665. The average molecular weight is 407 g/mol. The molecule has 0 aliphatic carbocycles. The summed E-state index contributed by atoms with van der Waals surface area (Å²) in [5.41, 5.74) is 0.832. The van der Waals surface area contributed by atoms with Crippen molar-refractivity contribution in [3.63, 3.8) is 0 Å². The molecular formula is C18H21N3O6S. The highest BCUT2D eigenvalue weighted by molar-refractivity contribution is 7.92. The van der Waals surface area contributed by atoms with Crippen LogP contribution in [-0.2, 0) is 14.8 Å². The lowest BCUT2D eigenvalue weighted by Gasteiger charge is -2.14. The predicted octanol–water partition coefficient (Wildman–Crippen LogP) is 2.29. The lowest BCUT2D eigenvalue weighted by atomic mass is 10.1. The summed E-state index contributed by atoms with van der Waals surface area (Å²) in [6, 6.07) is 9.07. The molecule has 0 fully saturated rings. The van der Waals surface area contributed by atoms with Crippen molar-refractivity contribution in [2.75, 3.05) is 35.8 Å². The number of sulfonamides is 1. The zero-order valence-electron chi connectivity index (χ0n) is 15.8. The number of nitrogens with one attached hydrogen (secondary N) is 3. The highest BCUT2D eigenvalue weighted by atomic mass is 32.2. The standard InChI is InChI=1S/C18H21N3O6S/c1-11(22)19-12-5-6-17(21-28(4,24)25)16(9-12)18(23)20-13-7-14(26-2)10-15(8-13)27-3/h5-10,21H,1-4H3,(H,19,22)(H,20,23). The molecule has 0 unspecified atom stereocenters. The van der Waals surface area contributed by atoms with E-state index in [0.29, 0.717) is 22.9 Å². The number of hydrogen-bond acceptors (Lipinski definition) is 6. The van der Waals surface area contributed by atoms with Crippen molar-refractivity contribution in [1.82, 2.24) is 0 Å². The largest absolute Gasteiger partial charge is 0.497 e. The molecule has 9 nitrogen and oxygen atoms in total. The number of rotatable bonds is 7. The lowest BCUT2D eigenvalue weighted by molar-refractivity contribution is -0.114. The Bertz CT molecular complexity index is 982. The van der Waals surface area contributed by atoms with Gasteiger partial charge in [0.25, 0.3) is 5.91 Å². The molecule has 0 heterocycles. The van der Waals surface area contributed by atoms with Gasteiger partial charge in [-0.15, -0.1) is 0 Å². The summed E-state index contributed by atoms with van der Waals surface area (Å²) < 4.78 is 35.9. The first kappa shape index (κ1) is 21.0. The number of benzene rings is 2. The summed E-state index contributed by atoms with van der Waals surface area (Å²) >= 11 is 0. The minimum atomic E-state index is -3.62. The highest BCUT2D eigenvalue weighted by Gasteiger charge is 2.17. The van der Waals surface area contributed by atoms with E-state index in [2.05, 4.69) is 15.4 Å². The van der Waals surface area contributed by atoms with Crippen molar-refractivity contribution in [1.29, 1.82) is 0 Å². The van der Waals surface area contributed by atoms with E-state index in [1.54, 1.807) is 18.2 Å². The van der Waals surface area contributed by atoms with E-state index in [9.17, 15) is 18.0 Å². The minimum Gasteiger partial charge on any atom is -0.497 e. The molecule has 0 aliphatic heterocycles. The number of hydrogen-bond donors (Lipinski definition) is 3. The molecular weight excluding hydrogens is 386 g/mol. The average Bonchev–Trinajstić information content (AvgIpc) is 2.60. The summed E-state index contributed by atoms with van der Waals surface area (Å²) in [5.74, 6) is 0.0219. The van der Waals surface area contributed by atoms with Crippen LogP contribution >= 0.6 is 0 Å². The second-order valence-electron chi connectivity index (χ2n) is 5.87. The Labute approximate surface area is 163 Å². The van der Waals surface area contributed by atoms with Gasteiger partial charge in [-0.3, -0.25) is 14.3 Å². The molecule has 2 amide bonds. The van der Waals surface area contributed by atoms with Crippen LogP contribution in [0.25, 0.3) is 0 Å². The first-order chi connectivity index (χ1) is 13.1. The predicted molar refractivity (Wildman–Crippen MR) is 107 cm³/mol. The number of amides is 2. The molecule has 28 heavy (non-hydrogen) atoms. The molecule has 0 atom stereocenters. The Kier molecular flexibility index (Phi) is 6.47. The lowest BCUT2D eigenvalue weighted by Crippen LogP contribution is -2.18. The fraction of sp³-hybridized carbons (Fsp3) is 0.222. The van der Waals surface area contributed by atoms with Crippen molar-refractivity contribution in [2.45, 2.75) is 6.92 Å². The Balaban J connectivity index is 2.42. The second-order valence-corrected chi connectivity index (χ2v) is 7.62. The maximum Gasteiger partial charge on any atom is 0.257 e. The van der Waals surface area contributed by atoms with Crippen LogP contribution in [0, 0.1) is 0 Å². The monoisotopic (exact) mass is 407 g/mol. The van der Waals surface area contributed by atoms with Crippen molar-refractivity contribution in [3.05, 3.63) is 42.0 Å². The number of methoxy groups -OCH3 is 2. The quantitative estimate of drug-likeness (QED) is 0.647. The van der Waals surface area contributed by atoms with Crippen LogP contribution in [-0.4, -0.2) is 40.7 Å². The summed E-state index contributed by atoms with van der Waals surface area (Å²) in [6.45, 7) is 1.32. The van der Waals surface area contributed by atoms with Crippen molar-refractivity contribution in [2.24, 2.45) is 0 Å². The third kappa shape index (κ3) is 5.88. The van der Waals surface area contributed by atoms with Crippen LogP contribution in [0.4, 0.5) is 17.1 Å². The van der Waals surface area contributed by atoms with Crippen molar-refractivity contribution >= 4 is 38.9 Å². The van der Waals surface area contributed by atoms with Gasteiger partial charge in [-0.1, -0.05) is 0 Å². The molecule has 0 bridgehead atoms. The fourth-order valence-electron chi connectivity index (χ4n) is 2.38. The Morgan fingerprint density at radius 3 is 2.00 bits per heavy atom.